The van der Waals surface area contributed by atoms with Crippen molar-refractivity contribution in [2.75, 3.05) is 0 Å². The zero-order valence-corrected chi connectivity index (χ0v) is 11.9. The zero-order chi connectivity index (χ0) is 16.0. The molecule has 1 atom stereocenters. The summed E-state index contributed by atoms with van der Waals surface area (Å²) in [5, 5.41) is 17.9. The Balaban J connectivity index is 2.48. The second-order valence-corrected chi connectivity index (χ2v) is 4.64. The van der Waals surface area contributed by atoms with Crippen molar-refractivity contribution in [3.8, 4) is 0 Å². The molecule has 9 nitrogen and oxygen atoms in total. The lowest BCUT2D eigenvalue weighted by Crippen LogP contribution is -2.46. The third-order valence-electron chi connectivity index (χ3n) is 2.84. The van der Waals surface area contributed by atoms with E-state index in [0.29, 0.717) is 0 Å². The molecule has 1 rings (SSSR count). The van der Waals surface area contributed by atoms with Gasteiger partial charge >= 0.3 is 12.0 Å². The number of hydrogen-bond donors (Lipinski definition) is 4. The number of carboxylic acid groups (broad SMARTS) is 1. The number of carboxylic acids is 1. The van der Waals surface area contributed by atoms with Gasteiger partial charge < -0.3 is 21.5 Å². The number of primary amides is 1. The van der Waals surface area contributed by atoms with Crippen molar-refractivity contribution >= 4 is 17.9 Å². The fourth-order valence-corrected chi connectivity index (χ4v) is 1.75. The first-order chi connectivity index (χ1) is 9.79. The van der Waals surface area contributed by atoms with Crippen LogP contribution in [0.3, 0.4) is 0 Å². The SMILES string of the molecule is Cc1nn(C)cc1CNC(=O)NC(CCC(N)=O)C(=O)O. The molecule has 0 saturated heterocycles. The van der Waals surface area contributed by atoms with E-state index in [1.165, 1.54) is 0 Å². The van der Waals surface area contributed by atoms with Crippen LogP contribution >= 0.6 is 0 Å². The Kier molecular flexibility index (Phi) is 5.70. The van der Waals surface area contributed by atoms with E-state index in [1.807, 2.05) is 6.92 Å². The molecule has 9 heteroatoms. The first-order valence-corrected chi connectivity index (χ1v) is 6.34. The topological polar surface area (TPSA) is 139 Å². The fraction of sp³-hybridized carbons (Fsp3) is 0.500. The number of nitrogens with zero attached hydrogens (tertiary/aromatic N) is 2. The molecule has 21 heavy (non-hydrogen) atoms. The first-order valence-electron chi connectivity index (χ1n) is 6.34. The quantitative estimate of drug-likeness (QED) is 0.524. The molecule has 1 aromatic rings. The minimum atomic E-state index is -1.22. The molecule has 5 N–H and O–H groups in total. The third kappa shape index (κ3) is 5.51. The molecule has 0 spiro atoms. The summed E-state index contributed by atoms with van der Waals surface area (Å²) in [6, 6.07) is -1.79. The summed E-state index contributed by atoms with van der Waals surface area (Å²) < 4.78 is 1.62. The highest BCUT2D eigenvalue weighted by atomic mass is 16.4. The van der Waals surface area contributed by atoms with Gasteiger partial charge in [-0.1, -0.05) is 0 Å². The number of carbonyl (C=O) groups excluding carboxylic acids is 2. The molecular formula is C12H19N5O4. The second-order valence-electron chi connectivity index (χ2n) is 4.64. The summed E-state index contributed by atoms with van der Waals surface area (Å²) in [6.07, 6.45) is 1.60. The first kappa shape index (κ1) is 16.5. The summed E-state index contributed by atoms with van der Waals surface area (Å²) in [7, 11) is 1.76. The number of urea groups is 1. The average molecular weight is 297 g/mol. The van der Waals surface area contributed by atoms with Gasteiger partial charge in [0.2, 0.25) is 5.91 Å². The van der Waals surface area contributed by atoms with E-state index < -0.39 is 23.9 Å². The van der Waals surface area contributed by atoms with Gasteiger partial charge in [0.05, 0.1) is 5.69 Å². The van der Waals surface area contributed by atoms with Crippen LogP contribution in [0.25, 0.3) is 0 Å². The molecule has 1 heterocycles. The van der Waals surface area contributed by atoms with Gasteiger partial charge in [-0.15, -0.1) is 0 Å². The Morgan fingerprint density at radius 1 is 1.48 bits per heavy atom. The average Bonchev–Trinajstić information content (AvgIpc) is 2.69. The molecule has 0 radical (unpaired) electrons. The van der Waals surface area contributed by atoms with E-state index in [-0.39, 0.29) is 19.4 Å². The van der Waals surface area contributed by atoms with E-state index in [0.717, 1.165) is 11.3 Å². The summed E-state index contributed by atoms with van der Waals surface area (Å²) >= 11 is 0. The molecule has 0 aliphatic rings. The minimum absolute atomic E-state index is 0.0516. The van der Waals surface area contributed by atoms with Crippen molar-refractivity contribution in [3.05, 3.63) is 17.5 Å². The lowest BCUT2D eigenvalue weighted by molar-refractivity contribution is -0.139. The van der Waals surface area contributed by atoms with Gasteiger partial charge in [0, 0.05) is 31.8 Å². The second kappa shape index (κ2) is 7.27. The smallest absolute Gasteiger partial charge is 0.326 e. The Hall–Kier alpha value is -2.58. The van der Waals surface area contributed by atoms with Gasteiger partial charge in [-0.3, -0.25) is 9.48 Å². The Morgan fingerprint density at radius 2 is 2.14 bits per heavy atom. The maximum Gasteiger partial charge on any atom is 0.326 e. The fourth-order valence-electron chi connectivity index (χ4n) is 1.75. The highest BCUT2D eigenvalue weighted by Gasteiger charge is 2.20. The van der Waals surface area contributed by atoms with Crippen molar-refractivity contribution in [1.82, 2.24) is 20.4 Å². The number of aliphatic carboxylic acids is 1. The Labute approximate surface area is 121 Å². The van der Waals surface area contributed by atoms with E-state index in [4.69, 9.17) is 10.8 Å². The molecule has 0 fully saturated rings. The van der Waals surface area contributed by atoms with E-state index in [1.54, 1.807) is 17.9 Å². The third-order valence-corrected chi connectivity index (χ3v) is 2.84. The molecular weight excluding hydrogens is 278 g/mol. The molecule has 0 bridgehead atoms. The summed E-state index contributed by atoms with van der Waals surface area (Å²) in [5.74, 6) is -1.83. The van der Waals surface area contributed by atoms with Crippen molar-refractivity contribution < 1.29 is 19.5 Å². The van der Waals surface area contributed by atoms with Crippen LogP contribution < -0.4 is 16.4 Å². The van der Waals surface area contributed by atoms with Crippen molar-refractivity contribution in [1.29, 1.82) is 0 Å². The molecule has 3 amide bonds. The van der Waals surface area contributed by atoms with Crippen LogP contribution in [0, 0.1) is 6.92 Å². The molecule has 1 unspecified atom stereocenters. The number of nitrogens with two attached hydrogens (primary N) is 1. The van der Waals surface area contributed by atoms with Gasteiger partial charge in [-0.25, -0.2) is 9.59 Å². The van der Waals surface area contributed by atoms with Crippen LogP contribution in [0.15, 0.2) is 6.20 Å². The summed E-state index contributed by atoms with van der Waals surface area (Å²) in [5.41, 5.74) is 6.57. The number of nitrogens with one attached hydrogen (secondary N) is 2. The number of carbonyl (C=O) groups is 3. The van der Waals surface area contributed by atoms with Gasteiger partial charge in [0.25, 0.3) is 0 Å². The maximum absolute atomic E-state index is 11.7. The number of rotatable bonds is 7. The predicted molar refractivity (Wildman–Crippen MR) is 73.2 cm³/mol. The lowest BCUT2D eigenvalue weighted by atomic mass is 10.1. The van der Waals surface area contributed by atoms with Gasteiger partial charge in [-0.05, 0) is 13.3 Å². The van der Waals surface area contributed by atoms with Gasteiger partial charge in [-0.2, -0.15) is 5.10 Å². The summed E-state index contributed by atoms with van der Waals surface area (Å²) in [6.45, 7) is 2.04. The van der Waals surface area contributed by atoms with Crippen LogP contribution in [0.1, 0.15) is 24.1 Å². The zero-order valence-electron chi connectivity index (χ0n) is 11.9. The van der Waals surface area contributed by atoms with Crippen LogP contribution in [-0.2, 0) is 23.2 Å². The number of amides is 3. The monoisotopic (exact) mass is 297 g/mol. The van der Waals surface area contributed by atoms with Crippen LogP contribution in [0.4, 0.5) is 4.79 Å². The summed E-state index contributed by atoms with van der Waals surface area (Å²) in [4.78, 5) is 33.3. The van der Waals surface area contributed by atoms with Gasteiger partial charge in [0.1, 0.15) is 6.04 Å². The molecule has 0 aromatic carbocycles. The van der Waals surface area contributed by atoms with Crippen LogP contribution in [-0.4, -0.2) is 38.8 Å². The Bertz CT molecular complexity index is 540. The minimum Gasteiger partial charge on any atom is -0.480 e. The standard InChI is InChI=1S/C12H19N5O4/c1-7-8(6-17(2)16-7)5-14-12(21)15-9(11(19)20)3-4-10(13)18/h6,9H,3-5H2,1-2H3,(H2,13,18)(H,19,20)(H2,14,15,21). The maximum atomic E-state index is 11.7. The van der Waals surface area contributed by atoms with Crippen molar-refractivity contribution in [3.63, 3.8) is 0 Å². The number of aromatic nitrogens is 2. The largest absolute Gasteiger partial charge is 0.480 e. The molecule has 0 aliphatic heterocycles. The number of hydrogen-bond acceptors (Lipinski definition) is 4. The highest BCUT2D eigenvalue weighted by Crippen LogP contribution is 2.03. The predicted octanol–water partition coefficient (Wildman–Crippen LogP) is -0.754. The van der Waals surface area contributed by atoms with E-state index in [9.17, 15) is 14.4 Å². The van der Waals surface area contributed by atoms with Crippen molar-refractivity contribution in [2.45, 2.75) is 32.4 Å². The molecule has 0 saturated carbocycles. The molecule has 0 aliphatic carbocycles. The van der Waals surface area contributed by atoms with E-state index in [2.05, 4.69) is 15.7 Å². The van der Waals surface area contributed by atoms with Crippen LogP contribution in [0.5, 0.6) is 0 Å². The number of aryl methyl sites for hydroxylation is 2. The lowest BCUT2D eigenvalue weighted by Gasteiger charge is -2.14. The molecule has 1 aromatic heterocycles. The van der Waals surface area contributed by atoms with Crippen LogP contribution in [0.2, 0.25) is 0 Å². The highest BCUT2D eigenvalue weighted by molar-refractivity contribution is 5.83. The van der Waals surface area contributed by atoms with E-state index >= 15 is 0 Å². The van der Waals surface area contributed by atoms with Gasteiger partial charge in [0.15, 0.2) is 0 Å². The Morgan fingerprint density at radius 3 is 2.62 bits per heavy atom. The molecule has 116 valence electrons. The van der Waals surface area contributed by atoms with Crippen molar-refractivity contribution in [2.24, 2.45) is 12.8 Å². The normalized spacial score (nSPS) is 11.7.